The Morgan fingerprint density at radius 3 is 0.953 bits per heavy atom. The minimum atomic E-state index is 0.159. The van der Waals surface area contributed by atoms with Crippen LogP contribution in [0.1, 0.15) is 24.1 Å². The molecule has 0 saturated carbocycles. The summed E-state index contributed by atoms with van der Waals surface area (Å²) in [5.74, 6) is 12.0. The number of rotatable bonds is 13. The Balaban J connectivity index is 0.756. The molecule has 0 fully saturated rings. The first-order valence-corrected chi connectivity index (χ1v) is 35.8. The van der Waals surface area contributed by atoms with E-state index >= 15 is 0 Å². The lowest BCUT2D eigenvalue weighted by Gasteiger charge is -2.20. The lowest BCUT2D eigenvalue weighted by Crippen LogP contribution is -2.16. The van der Waals surface area contributed by atoms with Crippen LogP contribution in [0.4, 0.5) is 0 Å². The second kappa shape index (κ2) is 22.1. The Morgan fingerprint density at radius 1 is 0.365 bits per heavy atom. The maximum absolute atomic E-state index is 12.9. The molecule has 0 saturated heterocycles. The molecule has 8 aromatic rings. The first kappa shape index (κ1) is 53.5. The summed E-state index contributed by atoms with van der Waals surface area (Å²) in [6, 6.07) is 0. The van der Waals surface area contributed by atoms with Crippen LogP contribution in [-0.2, 0) is 4.79 Å². The average Bonchev–Trinajstić information content (AvgIpc) is 3.19. The summed E-state index contributed by atoms with van der Waals surface area (Å²) in [5, 5.41) is 2.14. The third-order valence-electron chi connectivity index (χ3n) is 14.7. The average molecular weight is 1340 g/mol. The van der Waals surface area contributed by atoms with Crippen molar-refractivity contribution in [3.05, 3.63) is 28.0 Å². The van der Waals surface area contributed by atoms with E-state index < -0.39 is 0 Å². The molecule has 27 heteroatoms. The van der Waals surface area contributed by atoms with E-state index in [1.54, 1.807) is 90.7 Å². The number of thiol groups is 1. The van der Waals surface area contributed by atoms with Crippen molar-refractivity contribution >= 4 is 126 Å². The quantitative estimate of drug-likeness (QED) is 0.0855. The minimum Gasteiger partial charge on any atom is -0.485 e. The molecule has 17 rings (SSSR count). The summed E-state index contributed by atoms with van der Waals surface area (Å²) in [7, 11) is 0. The highest BCUT2D eigenvalue weighted by Crippen LogP contribution is 2.70. The second-order valence-electron chi connectivity index (χ2n) is 19.9. The van der Waals surface area contributed by atoms with Crippen molar-refractivity contribution in [3.8, 4) is 160 Å². The van der Waals surface area contributed by atoms with Crippen molar-refractivity contribution in [2.45, 2.75) is 19.3 Å². The Labute approximate surface area is 526 Å². The van der Waals surface area contributed by atoms with Crippen LogP contribution in [0.3, 0.4) is 0 Å². The lowest BCUT2D eigenvalue weighted by atomic mass is 10.1. The fourth-order valence-electron chi connectivity index (χ4n) is 11.2. The summed E-state index contributed by atoms with van der Waals surface area (Å²) in [6.07, 6.45) is 6.23. The number of ether oxygens (including phenoxy) is 16. The summed E-state index contributed by atoms with van der Waals surface area (Å²) >= 11 is 18.3. The van der Waals surface area contributed by atoms with Gasteiger partial charge in [-0.15, -0.1) is 90.7 Å². The number of allylic oxidation sites excluding steroid dienone is 4. The van der Waals surface area contributed by atoms with Crippen LogP contribution in [0.2, 0.25) is 0 Å². The van der Waals surface area contributed by atoms with Crippen molar-refractivity contribution in [1.29, 1.82) is 0 Å². The number of hydrogen-bond acceptors (Lipinski definition) is 27. The molecule has 8 aliphatic heterocycles. The zero-order valence-corrected chi connectivity index (χ0v) is 52.9. The van der Waals surface area contributed by atoms with Crippen molar-refractivity contribution in [1.82, 2.24) is 0 Å². The van der Waals surface area contributed by atoms with Gasteiger partial charge in [0.1, 0.15) is 106 Å². The van der Waals surface area contributed by atoms with E-state index in [1.165, 1.54) is 11.8 Å². The van der Waals surface area contributed by atoms with Gasteiger partial charge in [0.05, 0.1) is 73.2 Å². The molecule has 0 spiro atoms. The molecule has 0 amide bonds. The van der Waals surface area contributed by atoms with Crippen LogP contribution in [0, 0.1) is 0 Å². The monoisotopic (exact) mass is 1330 g/mol. The summed E-state index contributed by atoms with van der Waals surface area (Å²) in [6.45, 7) is 6.31. The van der Waals surface area contributed by atoms with Crippen molar-refractivity contribution < 1.29 is 80.6 Å². The van der Waals surface area contributed by atoms with Crippen molar-refractivity contribution in [3.63, 3.8) is 0 Å². The molecular formula is C58H46O17S10. The lowest BCUT2D eigenvalue weighted by molar-refractivity contribution is -0.110. The zero-order valence-electron chi connectivity index (χ0n) is 44.6. The van der Waals surface area contributed by atoms with E-state index in [0.717, 1.165) is 114 Å². The van der Waals surface area contributed by atoms with E-state index in [9.17, 15) is 4.79 Å². The van der Waals surface area contributed by atoms with E-state index in [2.05, 4.69) is 24.8 Å². The number of thiophene rings is 8. The molecule has 9 aliphatic rings. The summed E-state index contributed by atoms with van der Waals surface area (Å²) in [5.41, 5.74) is 2.10. The molecular weight excluding hydrogens is 1290 g/mol. The third kappa shape index (κ3) is 8.97. The SMILES string of the molecule is O=C(CC1=CCC(c2sc(-c3sc(-c4sc(-c5sc(-c6sc(-c7sc(-c8sc(-c9scc%10c9OCCO%10)c9c8OCCO9)c8c7OCCO8)c7c6OCCO7)c6c5OCCO6)c5c4OCCO5)c4c3OCCO4)c3c2OCCO3)=C1)SCCCS. The fourth-order valence-corrected chi connectivity index (χ4v) is 22.5. The van der Waals surface area contributed by atoms with Crippen molar-refractivity contribution in [2.24, 2.45) is 0 Å². The molecule has 1 aliphatic carbocycles. The summed E-state index contributed by atoms with van der Waals surface area (Å²) < 4.78 is 104. The fraction of sp³-hybridized carbons (Fsp3) is 0.362. The highest BCUT2D eigenvalue weighted by atomic mass is 32.2. The van der Waals surface area contributed by atoms with Crippen LogP contribution >= 0.6 is 115 Å². The van der Waals surface area contributed by atoms with Crippen LogP contribution in [0.5, 0.6) is 92.0 Å². The standard InChI is InChI=1S/C58H46O17S10/c59-28(77-21-1-20-76)23-25-2-3-26(22-25)44-30-31(63-7-6-62-30)47(79-44)48-34-35(67-11-10-66-34)51(81-48)52-38-39(71-15-14-70-38)55(83-52)56-42-43(75-19-18-74-42)58(85-56)57-41-40(72-16-17-73-41)54(84-57)53-37-36(68-12-13-69-37)50(82-53)49-33-32(64-8-9-65-33)46(80-49)45-29-27(24-78-45)60-4-5-61-29/h2,22,24,76H,1,3-21,23H2. The molecule has 440 valence electrons. The van der Waals surface area contributed by atoms with Gasteiger partial charge in [-0.3, -0.25) is 4.79 Å². The van der Waals surface area contributed by atoms with Gasteiger partial charge < -0.3 is 75.8 Å². The molecule has 0 aromatic carbocycles. The molecule has 0 atom stereocenters. The van der Waals surface area contributed by atoms with Gasteiger partial charge >= 0.3 is 0 Å². The van der Waals surface area contributed by atoms with Gasteiger partial charge in [-0.25, -0.2) is 0 Å². The largest absolute Gasteiger partial charge is 0.485 e. The first-order chi connectivity index (χ1) is 42.0. The maximum atomic E-state index is 12.9. The normalized spacial score (nSPS) is 17.4. The predicted octanol–water partition coefficient (Wildman–Crippen LogP) is 14.7. The topological polar surface area (TPSA) is 165 Å². The number of thioether (sulfide) groups is 1. The predicted molar refractivity (Wildman–Crippen MR) is 337 cm³/mol. The molecule has 0 bridgehead atoms. The zero-order chi connectivity index (χ0) is 56.3. The Hall–Kier alpha value is -5.75. The number of fused-ring (bicyclic) bond motifs is 8. The number of hydrogen-bond donors (Lipinski definition) is 1. The Kier molecular flexibility index (Phi) is 13.9. The van der Waals surface area contributed by atoms with E-state index in [-0.39, 0.29) is 5.12 Å². The smallest absolute Gasteiger partial charge is 0.193 e. The minimum absolute atomic E-state index is 0.159. The summed E-state index contributed by atoms with van der Waals surface area (Å²) in [4.78, 5) is 26.0. The maximum Gasteiger partial charge on any atom is 0.193 e. The van der Waals surface area contributed by atoms with Gasteiger partial charge in [0, 0.05) is 17.6 Å². The van der Waals surface area contributed by atoms with E-state index in [4.69, 9.17) is 75.8 Å². The van der Waals surface area contributed by atoms with Crippen LogP contribution in [-0.4, -0.2) is 122 Å². The van der Waals surface area contributed by atoms with E-state index in [1.807, 2.05) is 5.38 Å². The van der Waals surface area contributed by atoms with Gasteiger partial charge in [-0.2, -0.15) is 12.6 Å². The highest BCUT2D eigenvalue weighted by Gasteiger charge is 2.43. The first-order valence-electron chi connectivity index (χ1n) is 27.6. The van der Waals surface area contributed by atoms with Crippen LogP contribution in [0.25, 0.3) is 73.9 Å². The Morgan fingerprint density at radius 2 is 0.635 bits per heavy atom. The molecule has 8 aromatic heterocycles. The molecule has 16 heterocycles. The molecule has 0 radical (unpaired) electrons. The molecule has 85 heavy (non-hydrogen) atoms. The van der Waals surface area contributed by atoms with E-state index in [0.29, 0.717) is 199 Å². The van der Waals surface area contributed by atoms with Crippen LogP contribution < -0.4 is 75.8 Å². The molecule has 0 N–H and O–H groups in total. The molecule has 0 unspecified atom stereocenters. The number of carbonyl (C=O) groups excluding carboxylic acids is 1. The van der Waals surface area contributed by atoms with Gasteiger partial charge in [-0.1, -0.05) is 23.9 Å². The third-order valence-corrected chi connectivity index (χ3v) is 26.2. The van der Waals surface area contributed by atoms with Gasteiger partial charge in [0.2, 0.25) is 0 Å². The molecule has 17 nitrogen and oxygen atoms in total. The highest BCUT2D eigenvalue weighted by molar-refractivity contribution is 8.13. The van der Waals surface area contributed by atoms with Gasteiger partial charge in [0.25, 0.3) is 0 Å². The van der Waals surface area contributed by atoms with Gasteiger partial charge in [-0.05, 0) is 29.7 Å². The second-order valence-corrected chi connectivity index (χ2v) is 29.5. The van der Waals surface area contributed by atoms with Crippen LogP contribution in [0.15, 0.2) is 23.1 Å². The van der Waals surface area contributed by atoms with Gasteiger partial charge in [0.15, 0.2) is 97.1 Å². The Bertz CT molecular complexity index is 4080. The number of carbonyl (C=O) groups is 1. The van der Waals surface area contributed by atoms with Crippen molar-refractivity contribution in [2.75, 3.05) is 117 Å².